The molecule has 2 rings (SSSR count). The van der Waals surface area contributed by atoms with Crippen LogP contribution < -0.4 is 25.3 Å². The number of nitrogens with one attached hydrogen (secondary N) is 1. The Morgan fingerprint density at radius 1 is 1.00 bits per heavy atom. The fourth-order valence-corrected chi connectivity index (χ4v) is 2.52. The van der Waals surface area contributed by atoms with E-state index in [0.29, 0.717) is 37.8 Å². The molecule has 3 N–H and O–H groups in total. The lowest BCUT2D eigenvalue weighted by atomic mass is 10.1. The third kappa shape index (κ3) is 6.49. The Morgan fingerprint density at radius 3 is 2.52 bits per heavy atom. The Morgan fingerprint density at radius 2 is 1.81 bits per heavy atom. The van der Waals surface area contributed by atoms with E-state index in [2.05, 4.69) is 12.2 Å². The maximum absolute atomic E-state index is 12.1. The van der Waals surface area contributed by atoms with Crippen LogP contribution in [0.2, 0.25) is 0 Å². The van der Waals surface area contributed by atoms with Gasteiger partial charge in [-0.05, 0) is 54.8 Å². The molecule has 0 aliphatic heterocycles. The van der Waals surface area contributed by atoms with Crippen molar-refractivity contribution in [3.05, 3.63) is 53.1 Å². The Hall–Kier alpha value is -2.73. The Kier molecular flexibility index (Phi) is 7.95. The second-order valence-electron chi connectivity index (χ2n) is 6.24. The molecule has 146 valence electrons. The summed E-state index contributed by atoms with van der Waals surface area (Å²) in [7, 11) is 1.57. The third-order valence-electron chi connectivity index (χ3n) is 4.14. The van der Waals surface area contributed by atoms with Gasteiger partial charge in [0.1, 0.15) is 19.0 Å². The van der Waals surface area contributed by atoms with Crippen LogP contribution >= 0.6 is 0 Å². The van der Waals surface area contributed by atoms with Crippen molar-refractivity contribution in [1.82, 2.24) is 5.32 Å². The topological polar surface area (TPSA) is 82.8 Å². The van der Waals surface area contributed by atoms with Crippen molar-refractivity contribution in [3.63, 3.8) is 0 Å². The van der Waals surface area contributed by atoms with Crippen molar-refractivity contribution in [3.8, 4) is 17.2 Å². The molecule has 6 nitrogen and oxygen atoms in total. The molecule has 0 atom stereocenters. The van der Waals surface area contributed by atoms with Gasteiger partial charge >= 0.3 is 0 Å². The zero-order valence-corrected chi connectivity index (χ0v) is 16.2. The van der Waals surface area contributed by atoms with Crippen LogP contribution in [0.5, 0.6) is 17.2 Å². The third-order valence-corrected chi connectivity index (χ3v) is 4.14. The molecule has 0 spiro atoms. The maximum atomic E-state index is 12.1. The fourth-order valence-electron chi connectivity index (χ4n) is 2.52. The summed E-state index contributed by atoms with van der Waals surface area (Å²) in [5.74, 6) is 1.95. The first-order chi connectivity index (χ1) is 13.0. The number of nitrogens with two attached hydrogens (primary N) is 1. The highest BCUT2D eigenvalue weighted by Gasteiger charge is 2.09. The summed E-state index contributed by atoms with van der Waals surface area (Å²) in [6, 6.07) is 11.4. The average Bonchev–Trinajstić information content (AvgIpc) is 2.66. The van der Waals surface area contributed by atoms with Crippen LogP contribution in [-0.2, 0) is 11.2 Å². The molecule has 0 aliphatic rings. The molecule has 2 aromatic carbocycles. The minimum atomic E-state index is -0.0728. The van der Waals surface area contributed by atoms with Crippen molar-refractivity contribution < 1.29 is 19.0 Å². The van der Waals surface area contributed by atoms with E-state index < -0.39 is 0 Å². The molecule has 0 aliphatic carbocycles. The van der Waals surface area contributed by atoms with E-state index in [4.69, 9.17) is 19.9 Å². The summed E-state index contributed by atoms with van der Waals surface area (Å²) >= 11 is 0. The number of carbonyl (C=O) groups is 1. The number of benzene rings is 2. The van der Waals surface area contributed by atoms with Crippen LogP contribution in [0.1, 0.15) is 16.7 Å². The predicted molar refractivity (Wildman–Crippen MR) is 106 cm³/mol. The Bertz CT molecular complexity index is 762. The quantitative estimate of drug-likeness (QED) is 0.626. The second kappa shape index (κ2) is 10.4. The summed E-state index contributed by atoms with van der Waals surface area (Å²) < 4.78 is 16.5. The van der Waals surface area contributed by atoms with Gasteiger partial charge in [0.25, 0.3) is 0 Å². The van der Waals surface area contributed by atoms with Gasteiger partial charge < -0.3 is 25.3 Å². The molecule has 0 saturated heterocycles. The van der Waals surface area contributed by atoms with Gasteiger partial charge in [0.2, 0.25) is 5.91 Å². The van der Waals surface area contributed by atoms with Crippen molar-refractivity contribution in [2.45, 2.75) is 20.3 Å². The van der Waals surface area contributed by atoms with Crippen LogP contribution in [0.3, 0.4) is 0 Å². The Labute approximate surface area is 160 Å². The lowest BCUT2D eigenvalue weighted by molar-refractivity contribution is -0.120. The van der Waals surface area contributed by atoms with Crippen molar-refractivity contribution >= 4 is 5.91 Å². The van der Waals surface area contributed by atoms with Gasteiger partial charge in [-0.25, -0.2) is 0 Å². The van der Waals surface area contributed by atoms with Crippen molar-refractivity contribution in [2.75, 3.05) is 33.4 Å². The highest BCUT2D eigenvalue weighted by Crippen LogP contribution is 2.28. The van der Waals surface area contributed by atoms with E-state index in [1.165, 1.54) is 11.1 Å². The van der Waals surface area contributed by atoms with E-state index in [1.807, 2.05) is 31.2 Å². The van der Waals surface area contributed by atoms with Gasteiger partial charge in [-0.3, -0.25) is 4.79 Å². The van der Waals surface area contributed by atoms with Crippen LogP contribution in [0, 0.1) is 13.8 Å². The van der Waals surface area contributed by atoms with Gasteiger partial charge in [-0.15, -0.1) is 0 Å². The molecule has 0 aromatic heterocycles. The lowest BCUT2D eigenvalue weighted by Gasteiger charge is -2.12. The number of rotatable bonds is 10. The number of hydrogen-bond acceptors (Lipinski definition) is 5. The van der Waals surface area contributed by atoms with E-state index in [0.717, 1.165) is 11.3 Å². The summed E-state index contributed by atoms with van der Waals surface area (Å²) in [4.78, 5) is 12.1. The molecule has 27 heavy (non-hydrogen) atoms. The molecular weight excluding hydrogens is 344 g/mol. The molecule has 0 bridgehead atoms. The zero-order valence-electron chi connectivity index (χ0n) is 16.2. The predicted octanol–water partition coefficient (Wildman–Crippen LogP) is 2.39. The molecule has 2 aromatic rings. The van der Waals surface area contributed by atoms with Crippen LogP contribution in [-0.4, -0.2) is 39.3 Å². The van der Waals surface area contributed by atoms with Gasteiger partial charge in [-0.1, -0.05) is 12.1 Å². The summed E-state index contributed by atoms with van der Waals surface area (Å²) in [5.41, 5.74) is 8.70. The van der Waals surface area contributed by atoms with Crippen LogP contribution in [0.25, 0.3) is 0 Å². The first-order valence-electron chi connectivity index (χ1n) is 9.00. The molecule has 6 heteroatoms. The number of methoxy groups -OCH3 is 1. The van der Waals surface area contributed by atoms with Gasteiger partial charge in [0, 0.05) is 6.54 Å². The SMILES string of the molecule is COc1cc(CC(=O)NCCOc2ccc(C)c(C)c2)ccc1OCCN. The minimum Gasteiger partial charge on any atom is -0.493 e. The van der Waals surface area contributed by atoms with E-state index in [-0.39, 0.29) is 12.3 Å². The van der Waals surface area contributed by atoms with Gasteiger partial charge in [0.05, 0.1) is 20.1 Å². The summed E-state index contributed by atoms with van der Waals surface area (Å²) in [6.45, 7) is 5.81. The normalized spacial score (nSPS) is 10.4. The number of hydrogen-bond donors (Lipinski definition) is 2. The largest absolute Gasteiger partial charge is 0.493 e. The fraction of sp³-hybridized carbons (Fsp3) is 0.381. The highest BCUT2D eigenvalue weighted by atomic mass is 16.5. The number of ether oxygens (including phenoxy) is 3. The second-order valence-corrected chi connectivity index (χ2v) is 6.24. The summed E-state index contributed by atoms with van der Waals surface area (Å²) in [6.07, 6.45) is 0.261. The number of carbonyl (C=O) groups excluding carboxylic acids is 1. The Balaban J connectivity index is 1.78. The van der Waals surface area contributed by atoms with Crippen LogP contribution in [0.4, 0.5) is 0 Å². The maximum Gasteiger partial charge on any atom is 0.224 e. The monoisotopic (exact) mass is 372 g/mol. The molecule has 0 heterocycles. The standard InChI is InChI=1S/C21H28N2O4/c1-15-4-6-18(12-16(15)2)26-11-9-23-21(24)14-17-5-7-19(27-10-8-22)20(13-17)25-3/h4-7,12-13H,8-11,14,22H2,1-3H3,(H,23,24). The number of amides is 1. The molecule has 0 fully saturated rings. The van der Waals surface area contributed by atoms with Crippen molar-refractivity contribution in [1.29, 1.82) is 0 Å². The first-order valence-corrected chi connectivity index (χ1v) is 9.00. The number of aryl methyl sites for hydroxylation is 2. The van der Waals surface area contributed by atoms with E-state index >= 15 is 0 Å². The van der Waals surface area contributed by atoms with Gasteiger partial charge in [-0.2, -0.15) is 0 Å². The van der Waals surface area contributed by atoms with Crippen molar-refractivity contribution in [2.24, 2.45) is 5.73 Å². The molecule has 0 unspecified atom stereocenters. The molecular formula is C21H28N2O4. The zero-order chi connectivity index (χ0) is 19.6. The molecule has 1 amide bonds. The lowest BCUT2D eigenvalue weighted by Crippen LogP contribution is -2.29. The van der Waals surface area contributed by atoms with Crippen LogP contribution in [0.15, 0.2) is 36.4 Å². The van der Waals surface area contributed by atoms with E-state index in [1.54, 1.807) is 19.2 Å². The smallest absolute Gasteiger partial charge is 0.224 e. The average molecular weight is 372 g/mol. The minimum absolute atomic E-state index is 0.0728. The highest BCUT2D eigenvalue weighted by molar-refractivity contribution is 5.78. The molecule has 0 saturated carbocycles. The molecule has 0 radical (unpaired) electrons. The van der Waals surface area contributed by atoms with Gasteiger partial charge in [0.15, 0.2) is 11.5 Å². The summed E-state index contributed by atoms with van der Waals surface area (Å²) in [5, 5.41) is 2.86. The first kappa shape index (κ1) is 20.6. The van der Waals surface area contributed by atoms with E-state index in [9.17, 15) is 4.79 Å².